The van der Waals surface area contributed by atoms with E-state index in [-0.39, 0.29) is 12.1 Å². The Hall–Kier alpha value is -0.730. The van der Waals surface area contributed by atoms with Crippen molar-refractivity contribution in [3.8, 4) is 0 Å². The minimum Gasteiger partial charge on any atom is -0.393 e. The molecule has 0 aromatic rings. The fourth-order valence-electron chi connectivity index (χ4n) is 1.11. The molecule has 1 N–H and O–H groups in total. The average molecular weight is 127 g/mol. The first kappa shape index (κ1) is 6.39. The van der Waals surface area contributed by atoms with E-state index in [0.29, 0.717) is 6.42 Å². The van der Waals surface area contributed by atoms with Crippen molar-refractivity contribution in [1.29, 1.82) is 0 Å². The molecule has 2 atom stereocenters. The average Bonchev–Trinajstić information content (AvgIpc) is 2.17. The summed E-state index contributed by atoms with van der Waals surface area (Å²) in [4.78, 5) is 2.67. The van der Waals surface area contributed by atoms with Gasteiger partial charge in [-0.1, -0.05) is 5.11 Å². The molecule has 1 aliphatic rings. The van der Waals surface area contributed by atoms with Crippen molar-refractivity contribution in [3.63, 3.8) is 0 Å². The molecule has 0 radical (unpaired) electrons. The van der Waals surface area contributed by atoms with Crippen molar-refractivity contribution < 1.29 is 5.11 Å². The highest BCUT2D eigenvalue weighted by atomic mass is 16.3. The fourth-order valence-corrected chi connectivity index (χ4v) is 1.11. The summed E-state index contributed by atoms with van der Waals surface area (Å²) in [6.07, 6.45) is 2.03. The lowest BCUT2D eigenvalue weighted by Gasteiger charge is -1.96. The summed E-state index contributed by atoms with van der Waals surface area (Å²) in [5, 5.41) is 12.4. The highest BCUT2D eigenvalue weighted by Gasteiger charge is 2.20. The molecule has 0 aromatic carbocycles. The van der Waals surface area contributed by atoms with Gasteiger partial charge in [-0.3, -0.25) is 0 Å². The van der Waals surface area contributed by atoms with Crippen LogP contribution in [0.4, 0.5) is 0 Å². The molecule has 0 aromatic heterocycles. The van der Waals surface area contributed by atoms with E-state index in [9.17, 15) is 0 Å². The third-order valence-corrected chi connectivity index (χ3v) is 1.59. The molecule has 50 valence electrons. The van der Waals surface area contributed by atoms with Gasteiger partial charge < -0.3 is 5.11 Å². The Morgan fingerprint density at radius 3 is 2.78 bits per heavy atom. The van der Waals surface area contributed by atoms with Crippen LogP contribution in [0.25, 0.3) is 10.4 Å². The summed E-state index contributed by atoms with van der Waals surface area (Å²) in [6, 6.07) is 0.0463. The Balaban J connectivity index is 2.38. The summed E-state index contributed by atoms with van der Waals surface area (Å²) < 4.78 is 0. The molecular formula is C5H9N3O. The molecule has 0 amide bonds. The van der Waals surface area contributed by atoms with Crippen LogP contribution in [-0.4, -0.2) is 17.3 Å². The minimum absolute atomic E-state index is 0.0463. The zero-order valence-corrected chi connectivity index (χ0v) is 5.06. The lowest BCUT2D eigenvalue weighted by atomic mass is 10.3. The lowest BCUT2D eigenvalue weighted by molar-refractivity contribution is 0.181. The van der Waals surface area contributed by atoms with Crippen LogP contribution in [0.5, 0.6) is 0 Å². The topological polar surface area (TPSA) is 69.0 Å². The monoisotopic (exact) mass is 127 g/mol. The molecule has 0 aliphatic heterocycles. The molecule has 1 saturated carbocycles. The molecule has 1 rings (SSSR count). The van der Waals surface area contributed by atoms with E-state index in [2.05, 4.69) is 10.0 Å². The van der Waals surface area contributed by atoms with E-state index in [1.165, 1.54) is 0 Å². The number of aliphatic hydroxyl groups is 1. The van der Waals surface area contributed by atoms with E-state index in [4.69, 9.17) is 10.6 Å². The standard InChI is InChI=1S/C5H9N3O/c6-8-7-4-1-2-5(9)3-4/h4-5,9H,1-3H2/t4-,5-/m0/s1. The quantitative estimate of drug-likeness (QED) is 0.321. The summed E-state index contributed by atoms with van der Waals surface area (Å²) >= 11 is 0. The first-order valence-electron chi connectivity index (χ1n) is 3.05. The zero-order chi connectivity index (χ0) is 6.69. The van der Waals surface area contributed by atoms with E-state index < -0.39 is 0 Å². The minimum atomic E-state index is -0.236. The van der Waals surface area contributed by atoms with E-state index >= 15 is 0 Å². The predicted octanol–water partition coefficient (Wildman–Crippen LogP) is 1.21. The molecule has 1 aliphatic carbocycles. The van der Waals surface area contributed by atoms with Gasteiger partial charge >= 0.3 is 0 Å². The van der Waals surface area contributed by atoms with Gasteiger partial charge in [-0.05, 0) is 24.8 Å². The van der Waals surface area contributed by atoms with Crippen LogP contribution in [0.15, 0.2) is 5.11 Å². The van der Waals surface area contributed by atoms with Crippen LogP contribution in [0, 0.1) is 0 Å². The maximum Gasteiger partial charge on any atom is 0.0544 e. The summed E-state index contributed by atoms with van der Waals surface area (Å²) in [5.41, 5.74) is 7.99. The van der Waals surface area contributed by atoms with Crippen molar-refractivity contribution in [2.75, 3.05) is 0 Å². The van der Waals surface area contributed by atoms with Gasteiger partial charge in [-0.2, -0.15) is 0 Å². The zero-order valence-electron chi connectivity index (χ0n) is 5.06. The van der Waals surface area contributed by atoms with E-state index in [0.717, 1.165) is 12.8 Å². The number of azide groups is 1. The molecule has 0 spiro atoms. The fraction of sp³-hybridized carbons (Fsp3) is 1.00. The molecule has 9 heavy (non-hydrogen) atoms. The van der Waals surface area contributed by atoms with Crippen LogP contribution in [0.1, 0.15) is 19.3 Å². The molecule has 0 bridgehead atoms. The summed E-state index contributed by atoms with van der Waals surface area (Å²) in [7, 11) is 0. The first-order valence-corrected chi connectivity index (χ1v) is 3.05. The number of hydrogen-bond acceptors (Lipinski definition) is 2. The van der Waals surface area contributed by atoms with Gasteiger partial charge in [0, 0.05) is 11.0 Å². The maximum absolute atomic E-state index is 8.94. The third-order valence-electron chi connectivity index (χ3n) is 1.59. The van der Waals surface area contributed by atoms with Crippen LogP contribution in [0.2, 0.25) is 0 Å². The van der Waals surface area contributed by atoms with Crippen molar-refractivity contribution in [2.45, 2.75) is 31.4 Å². The van der Waals surface area contributed by atoms with Crippen LogP contribution in [0.3, 0.4) is 0 Å². The second kappa shape index (κ2) is 2.71. The van der Waals surface area contributed by atoms with Crippen LogP contribution < -0.4 is 0 Å². The Bertz CT molecular complexity index is 141. The predicted molar refractivity (Wildman–Crippen MR) is 32.8 cm³/mol. The largest absolute Gasteiger partial charge is 0.393 e. The Kier molecular flexibility index (Phi) is 1.92. The van der Waals surface area contributed by atoms with Gasteiger partial charge in [0.05, 0.1) is 6.10 Å². The van der Waals surface area contributed by atoms with Crippen molar-refractivity contribution in [2.24, 2.45) is 5.11 Å². The molecular weight excluding hydrogens is 118 g/mol. The normalized spacial score (nSPS) is 33.9. The number of rotatable bonds is 1. The summed E-state index contributed by atoms with van der Waals surface area (Å²) in [6.45, 7) is 0. The highest BCUT2D eigenvalue weighted by Crippen LogP contribution is 2.21. The van der Waals surface area contributed by atoms with Gasteiger partial charge in [-0.15, -0.1) is 0 Å². The highest BCUT2D eigenvalue weighted by molar-refractivity contribution is 4.79. The number of aliphatic hydroxyl groups excluding tert-OH is 1. The van der Waals surface area contributed by atoms with E-state index in [1.807, 2.05) is 0 Å². The van der Waals surface area contributed by atoms with Gasteiger partial charge in [0.25, 0.3) is 0 Å². The first-order chi connectivity index (χ1) is 4.33. The maximum atomic E-state index is 8.94. The molecule has 0 saturated heterocycles. The van der Waals surface area contributed by atoms with E-state index in [1.54, 1.807) is 0 Å². The molecule has 4 nitrogen and oxygen atoms in total. The van der Waals surface area contributed by atoms with Crippen LogP contribution in [-0.2, 0) is 0 Å². The molecule has 4 heteroatoms. The third kappa shape index (κ3) is 1.59. The van der Waals surface area contributed by atoms with Gasteiger partial charge in [0.15, 0.2) is 0 Å². The SMILES string of the molecule is [N-]=[N+]=N[C@H]1CC[C@H](O)C1. The Morgan fingerprint density at radius 2 is 2.33 bits per heavy atom. The molecule has 1 fully saturated rings. The second-order valence-corrected chi connectivity index (χ2v) is 2.33. The Morgan fingerprint density at radius 1 is 1.56 bits per heavy atom. The second-order valence-electron chi connectivity index (χ2n) is 2.33. The molecule has 0 unspecified atom stereocenters. The van der Waals surface area contributed by atoms with Gasteiger partial charge in [-0.25, -0.2) is 0 Å². The number of nitrogens with zero attached hydrogens (tertiary/aromatic N) is 3. The van der Waals surface area contributed by atoms with Crippen molar-refractivity contribution in [1.82, 2.24) is 0 Å². The van der Waals surface area contributed by atoms with Crippen molar-refractivity contribution in [3.05, 3.63) is 10.4 Å². The van der Waals surface area contributed by atoms with Crippen molar-refractivity contribution >= 4 is 0 Å². The smallest absolute Gasteiger partial charge is 0.0544 e. The lowest BCUT2D eigenvalue weighted by Crippen LogP contribution is -2.00. The Labute approximate surface area is 53.1 Å². The summed E-state index contributed by atoms with van der Waals surface area (Å²) in [5.74, 6) is 0. The molecule has 0 heterocycles. The number of hydrogen-bond donors (Lipinski definition) is 1. The van der Waals surface area contributed by atoms with Gasteiger partial charge in [0.1, 0.15) is 0 Å². The van der Waals surface area contributed by atoms with Gasteiger partial charge in [0.2, 0.25) is 0 Å². The van der Waals surface area contributed by atoms with Crippen LogP contribution >= 0.6 is 0 Å².